The highest BCUT2D eigenvalue weighted by molar-refractivity contribution is 5.81. The lowest BCUT2D eigenvalue weighted by molar-refractivity contribution is -0.140. The van der Waals surface area contributed by atoms with E-state index in [1.54, 1.807) is 0 Å². The molecule has 0 aromatic carbocycles. The fourth-order valence-corrected chi connectivity index (χ4v) is 1.54. The molecule has 0 unspecified atom stereocenters. The molecule has 90 valence electrons. The Labute approximate surface area is 94.1 Å². The van der Waals surface area contributed by atoms with E-state index in [0.29, 0.717) is 0 Å². The molecule has 17 heavy (non-hydrogen) atoms. The van der Waals surface area contributed by atoms with E-state index in [1.807, 2.05) is 0 Å². The molecular weight excluding hydrogens is 235 g/mol. The molecule has 0 spiro atoms. The molecule has 7 heteroatoms. The Morgan fingerprint density at radius 3 is 2.76 bits per heavy atom. The number of carbonyl (C=O) groups is 1. The van der Waals surface area contributed by atoms with Gasteiger partial charge in [-0.3, -0.25) is 4.79 Å². The van der Waals surface area contributed by atoms with Gasteiger partial charge in [0.2, 0.25) is 0 Å². The first-order valence-electron chi connectivity index (χ1n) is 4.78. The summed E-state index contributed by atoms with van der Waals surface area (Å²) in [5.41, 5.74) is -0.947. The van der Waals surface area contributed by atoms with E-state index >= 15 is 0 Å². The molecule has 0 radical (unpaired) electrons. The normalized spacial score (nSPS) is 12.0. The van der Waals surface area contributed by atoms with E-state index in [2.05, 4.69) is 10.1 Å². The zero-order valence-corrected chi connectivity index (χ0v) is 8.82. The number of pyridine rings is 1. The first-order chi connectivity index (χ1) is 7.89. The zero-order chi connectivity index (χ0) is 12.6. The standard InChI is InChI=1S/C10H8F3N3O/c1-6(17)5-16-9-7(3-2-4-14-9)8(15-16)10(11,12)13/h2-4H,5H2,1H3. The van der Waals surface area contributed by atoms with Crippen LogP contribution in [-0.4, -0.2) is 20.5 Å². The third-order valence-electron chi connectivity index (χ3n) is 2.15. The minimum Gasteiger partial charge on any atom is -0.298 e. The Kier molecular flexibility index (Phi) is 2.60. The predicted molar refractivity (Wildman–Crippen MR) is 53.2 cm³/mol. The number of carbonyl (C=O) groups excluding carboxylic acids is 1. The van der Waals surface area contributed by atoms with Crippen LogP contribution in [0.3, 0.4) is 0 Å². The summed E-state index contributed by atoms with van der Waals surface area (Å²) in [5, 5.41) is 3.31. The Morgan fingerprint density at radius 1 is 1.47 bits per heavy atom. The number of hydrogen-bond acceptors (Lipinski definition) is 3. The van der Waals surface area contributed by atoms with Gasteiger partial charge in [0.15, 0.2) is 17.1 Å². The fraction of sp³-hybridized carbons (Fsp3) is 0.300. The minimum absolute atomic E-state index is 0.0648. The second-order valence-electron chi connectivity index (χ2n) is 3.58. The van der Waals surface area contributed by atoms with Gasteiger partial charge in [-0.15, -0.1) is 0 Å². The number of nitrogens with zero attached hydrogens (tertiary/aromatic N) is 3. The van der Waals surface area contributed by atoms with E-state index in [1.165, 1.54) is 25.3 Å². The van der Waals surface area contributed by atoms with Crippen LogP contribution in [0.4, 0.5) is 13.2 Å². The number of aromatic nitrogens is 3. The van der Waals surface area contributed by atoms with Gasteiger partial charge in [0.05, 0.1) is 5.39 Å². The molecule has 0 amide bonds. The lowest BCUT2D eigenvalue weighted by atomic mass is 10.2. The molecule has 2 aromatic heterocycles. The quantitative estimate of drug-likeness (QED) is 0.810. The molecular formula is C10H8F3N3O. The third-order valence-corrected chi connectivity index (χ3v) is 2.15. The Hall–Kier alpha value is -1.92. The van der Waals surface area contributed by atoms with Crippen molar-refractivity contribution in [1.29, 1.82) is 0 Å². The predicted octanol–water partition coefficient (Wildman–Crippen LogP) is 2.04. The van der Waals surface area contributed by atoms with Crippen LogP contribution < -0.4 is 0 Å². The highest BCUT2D eigenvalue weighted by Crippen LogP contribution is 2.33. The van der Waals surface area contributed by atoms with Crippen LogP contribution in [0.5, 0.6) is 0 Å². The molecule has 0 N–H and O–H groups in total. The van der Waals surface area contributed by atoms with Crippen molar-refractivity contribution in [2.24, 2.45) is 0 Å². The summed E-state index contributed by atoms with van der Waals surface area (Å²) in [5.74, 6) is -0.284. The van der Waals surface area contributed by atoms with Crippen LogP contribution in [0.25, 0.3) is 11.0 Å². The van der Waals surface area contributed by atoms with E-state index in [-0.39, 0.29) is 23.4 Å². The average molecular weight is 243 g/mol. The molecule has 0 aliphatic carbocycles. The third kappa shape index (κ3) is 2.13. The summed E-state index contributed by atoms with van der Waals surface area (Å²) in [6.45, 7) is 1.06. The summed E-state index contributed by atoms with van der Waals surface area (Å²) in [4.78, 5) is 14.8. The number of hydrogen-bond donors (Lipinski definition) is 0. The smallest absolute Gasteiger partial charge is 0.298 e. The average Bonchev–Trinajstić information content (AvgIpc) is 2.56. The van der Waals surface area contributed by atoms with Crippen molar-refractivity contribution in [2.75, 3.05) is 0 Å². The van der Waals surface area contributed by atoms with Crippen molar-refractivity contribution < 1.29 is 18.0 Å². The van der Waals surface area contributed by atoms with E-state index in [9.17, 15) is 18.0 Å². The first kappa shape index (κ1) is 11.6. The van der Waals surface area contributed by atoms with Gasteiger partial charge >= 0.3 is 6.18 Å². The van der Waals surface area contributed by atoms with Gasteiger partial charge < -0.3 is 0 Å². The van der Waals surface area contributed by atoms with Crippen molar-refractivity contribution in [3.05, 3.63) is 24.0 Å². The molecule has 0 aliphatic heterocycles. The second kappa shape index (κ2) is 3.83. The number of halogens is 3. The zero-order valence-electron chi connectivity index (χ0n) is 8.82. The van der Waals surface area contributed by atoms with Crippen molar-refractivity contribution in [2.45, 2.75) is 19.6 Å². The van der Waals surface area contributed by atoms with E-state index in [0.717, 1.165) is 4.68 Å². The fourth-order valence-electron chi connectivity index (χ4n) is 1.54. The second-order valence-corrected chi connectivity index (χ2v) is 3.58. The van der Waals surface area contributed by atoms with Crippen molar-refractivity contribution in [3.63, 3.8) is 0 Å². The molecule has 0 fully saturated rings. The molecule has 2 aromatic rings. The SMILES string of the molecule is CC(=O)Cn1nc(C(F)(F)F)c2cccnc21. The Morgan fingerprint density at radius 2 is 2.18 bits per heavy atom. The molecule has 2 rings (SSSR count). The van der Waals surface area contributed by atoms with Gasteiger partial charge in [-0.1, -0.05) is 0 Å². The maximum absolute atomic E-state index is 12.7. The molecule has 0 aliphatic rings. The van der Waals surface area contributed by atoms with Crippen LogP contribution in [0.2, 0.25) is 0 Å². The molecule has 0 saturated heterocycles. The highest BCUT2D eigenvalue weighted by atomic mass is 19.4. The molecule has 0 saturated carbocycles. The first-order valence-corrected chi connectivity index (χ1v) is 4.78. The summed E-state index contributed by atoms with van der Waals surface area (Å²) in [6, 6.07) is 2.69. The summed E-state index contributed by atoms with van der Waals surface area (Å²) in [6.07, 6.45) is -3.19. The van der Waals surface area contributed by atoms with Gasteiger partial charge in [0.25, 0.3) is 0 Å². The largest absolute Gasteiger partial charge is 0.435 e. The molecule has 0 bridgehead atoms. The molecule has 0 atom stereocenters. The van der Waals surface area contributed by atoms with Crippen LogP contribution in [0.1, 0.15) is 12.6 Å². The maximum Gasteiger partial charge on any atom is 0.435 e. The van der Waals surface area contributed by atoms with Gasteiger partial charge in [0.1, 0.15) is 6.54 Å². The summed E-state index contributed by atoms with van der Waals surface area (Å²) in [7, 11) is 0. The van der Waals surface area contributed by atoms with Gasteiger partial charge in [0, 0.05) is 6.20 Å². The van der Waals surface area contributed by atoms with Gasteiger partial charge in [-0.25, -0.2) is 9.67 Å². The maximum atomic E-state index is 12.7. The monoisotopic (exact) mass is 243 g/mol. The lowest BCUT2D eigenvalue weighted by Gasteiger charge is -2.01. The van der Waals surface area contributed by atoms with Gasteiger partial charge in [-0.2, -0.15) is 18.3 Å². The van der Waals surface area contributed by atoms with Crippen LogP contribution >= 0.6 is 0 Å². The van der Waals surface area contributed by atoms with E-state index in [4.69, 9.17) is 0 Å². The molecule has 4 nitrogen and oxygen atoms in total. The molecule has 2 heterocycles. The minimum atomic E-state index is -4.55. The number of alkyl halides is 3. The number of fused-ring (bicyclic) bond motifs is 1. The van der Waals surface area contributed by atoms with Gasteiger partial charge in [-0.05, 0) is 19.1 Å². The van der Waals surface area contributed by atoms with Crippen molar-refractivity contribution >= 4 is 16.8 Å². The van der Waals surface area contributed by atoms with Crippen LogP contribution in [0.15, 0.2) is 18.3 Å². The van der Waals surface area contributed by atoms with Crippen molar-refractivity contribution in [1.82, 2.24) is 14.8 Å². The van der Waals surface area contributed by atoms with Crippen LogP contribution in [-0.2, 0) is 17.5 Å². The Bertz CT molecular complexity index is 574. The van der Waals surface area contributed by atoms with Crippen molar-refractivity contribution in [3.8, 4) is 0 Å². The Balaban J connectivity index is 2.67. The highest BCUT2D eigenvalue weighted by Gasteiger charge is 2.37. The number of ketones is 1. The summed E-state index contributed by atoms with van der Waals surface area (Å²) < 4.78 is 39.0. The number of Topliss-reactive ketones (excluding diaryl/α,β-unsaturated/α-hetero) is 1. The van der Waals surface area contributed by atoms with Crippen LogP contribution in [0, 0.1) is 0 Å². The van der Waals surface area contributed by atoms with E-state index < -0.39 is 11.9 Å². The number of rotatable bonds is 2. The lowest BCUT2D eigenvalue weighted by Crippen LogP contribution is -2.11. The summed E-state index contributed by atoms with van der Waals surface area (Å²) >= 11 is 0. The topological polar surface area (TPSA) is 47.8 Å².